The fourth-order valence-electron chi connectivity index (χ4n) is 2.69. The first-order chi connectivity index (χ1) is 12.8. The van der Waals surface area contributed by atoms with E-state index in [0.29, 0.717) is 16.9 Å². The predicted octanol–water partition coefficient (Wildman–Crippen LogP) is 4.46. The van der Waals surface area contributed by atoms with Crippen LogP contribution in [0.5, 0.6) is 0 Å². The van der Waals surface area contributed by atoms with Gasteiger partial charge < -0.3 is 10.6 Å². The number of para-hydroxylation sites is 1. The highest BCUT2D eigenvalue weighted by Gasteiger charge is 2.36. The summed E-state index contributed by atoms with van der Waals surface area (Å²) in [6.45, 7) is 7.21. The molecule has 0 aliphatic rings. The first-order valence-electron chi connectivity index (χ1n) is 8.83. The molecule has 0 aliphatic heterocycles. The summed E-state index contributed by atoms with van der Waals surface area (Å²) in [5, 5.41) is 6.61. The lowest BCUT2D eigenvalue weighted by Gasteiger charge is -2.23. The highest BCUT2D eigenvalue weighted by atomic mass is 16.2. The van der Waals surface area contributed by atoms with Crippen molar-refractivity contribution in [3.05, 3.63) is 65.9 Å². The second kappa shape index (κ2) is 7.19. The van der Waals surface area contributed by atoms with E-state index in [-0.39, 0.29) is 11.8 Å². The van der Waals surface area contributed by atoms with E-state index in [2.05, 4.69) is 15.6 Å². The Morgan fingerprint density at radius 2 is 1.59 bits per heavy atom. The molecule has 2 aromatic carbocycles. The maximum Gasteiger partial charge on any atom is 0.239 e. The second-order valence-electron chi connectivity index (χ2n) is 7.21. The van der Waals surface area contributed by atoms with Crippen LogP contribution in [0, 0.1) is 19.3 Å². The summed E-state index contributed by atoms with van der Waals surface area (Å²) in [6.07, 6.45) is 1.68. The molecule has 138 valence electrons. The fourth-order valence-corrected chi connectivity index (χ4v) is 2.69. The molecular formula is C22H23N3O2. The van der Waals surface area contributed by atoms with Crippen LogP contribution in [-0.4, -0.2) is 16.8 Å². The number of amides is 2. The lowest BCUT2D eigenvalue weighted by molar-refractivity contribution is -0.135. The lowest BCUT2D eigenvalue weighted by atomic mass is 9.90. The van der Waals surface area contributed by atoms with Crippen molar-refractivity contribution in [1.29, 1.82) is 0 Å². The van der Waals surface area contributed by atoms with Crippen LogP contribution in [0.3, 0.4) is 0 Å². The highest BCUT2D eigenvalue weighted by Crippen LogP contribution is 2.25. The quantitative estimate of drug-likeness (QED) is 0.674. The largest absolute Gasteiger partial charge is 0.325 e. The summed E-state index contributed by atoms with van der Waals surface area (Å²) < 4.78 is 0. The molecule has 3 aromatic rings. The van der Waals surface area contributed by atoms with E-state index in [1.165, 1.54) is 0 Å². The predicted molar refractivity (Wildman–Crippen MR) is 109 cm³/mol. The topological polar surface area (TPSA) is 71.1 Å². The Bertz CT molecular complexity index is 1020. The SMILES string of the molecule is Cc1ccc(NC(=O)C(C)(C)C(=O)Nc2cccc3cccnc23)cc1C. The van der Waals surface area contributed by atoms with Crippen LogP contribution in [0.4, 0.5) is 11.4 Å². The highest BCUT2D eigenvalue weighted by molar-refractivity contribution is 6.15. The Morgan fingerprint density at radius 3 is 2.33 bits per heavy atom. The van der Waals surface area contributed by atoms with Gasteiger partial charge in [0.15, 0.2) is 0 Å². The van der Waals surface area contributed by atoms with Gasteiger partial charge in [-0.25, -0.2) is 0 Å². The van der Waals surface area contributed by atoms with Gasteiger partial charge in [0.2, 0.25) is 11.8 Å². The van der Waals surface area contributed by atoms with Gasteiger partial charge in [-0.3, -0.25) is 14.6 Å². The summed E-state index contributed by atoms with van der Waals surface area (Å²) in [4.78, 5) is 29.9. The normalized spacial score (nSPS) is 11.3. The Morgan fingerprint density at radius 1 is 0.889 bits per heavy atom. The smallest absolute Gasteiger partial charge is 0.239 e. The molecule has 0 fully saturated rings. The molecule has 27 heavy (non-hydrogen) atoms. The van der Waals surface area contributed by atoms with E-state index in [9.17, 15) is 9.59 Å². The Balaban J connectivity index is 1.79. The minimum absolute atomic E-state index is 0.364. The molecule has 0 bridgehead atoms. The number of nitrogens with zero attached hydrogens (tertiary/aromatic N) is 1. The number of benzene rings is 2. The Kier molecular flexibility index (Phi) is 4.95. The minimum Gasteiger partial charge on any atom is -0.325 e. The monoisotopic (exact) mass is 361 g/mol. The summed E-state index contributed by atoms with van der Waals surface area (Å²) in [7, 11) is 0. The number of anilines is 2. The number of carbonyl (C=O) groups excluding carboxylic acids is 2. The molecule has 5 heteroatoms. The molecule has 0 spiro atoms. The number of rotatable bonds is 4. The third-order valence-electron chi connectivity index (χ3n) is 4.78. The fraction of sp³-hybridized carbons (Fsp3) is 0.227. The van der Waals surface area contributed by atoms with Gasteiger partial charge in [-0.15, -0.1) is 0 Å². The molecule has 2 amide bonds. The number of aryl methyl sites for hydroxylation is 2. The van der Waals surface area contributed by atoms with Crippen molar-refractivity contribution in [1.82, 2.24) is 4.98 Å². The summed E-state index contributed by atoms with van der Waals surface area (Å²) >= 11 is 0. The number of pyridine rings is 1. The molecule has 1 heterocycles. The number of carbonyl (C=O) groups is 2. The maximum atomic E-state index is 12.8. The molecule has 5 nitrogen and oxygen atoms in total. The third kappa shape index (κ3) is 3.82. The molecule has 0 atom stereocenters. The Hall–Kier alpha value is -3.21. The summed E-state index contributed by atoms with van der Waals surface area (Å²) in [5.41, 5.74) is 2.93. The van der Waals surface area contributed by atoms with Crippen LogP contribution in [0.2, 0.25) is 0 Å². The van der Waals surface area contributed by atoms with Crippen molar-refractivity contribution in [2.75, 3.05) is 10.6 Å². The zero-order valence-electron chi connectivity index (χ0n) is 16.0. The van der Waals surface area contributed by atoms with Crippen molar-refractivity contribution in [2.24, 2.45) is 5.41 Å². The average Bonchev–Trinajstić information content (AvgIpc) is 2.65. The van der Waals surface area contributed by atoms with Crippen LogP contribution in [0.15, 0.2) is 54.7 Å². The second-order valence-corrected chi connectivity index (χ2v) is 7.21. The zero-order chi connectivity index (χ0) is 19.6. The van der Waals surface area contributed by atoms with E-state index in [1.807, 2.05) is 56.3 Å². The van der Waals surface area contributed by atoms with E-state index < -0.39 is 5.41 Å². The molecule has 0 radical (unpaired) electrons. The van der Waals surface area contributed by atoms with Gasteiger partial charge in [0.25, 0.3) is 0 Å². The van der Waals surface area contributed by atoms with Crippen LogP contribution < -0.4 is 10.6 Å². The molecule has 0 unspecified atom stereocenters. The average molecular weight is 361 g/mol. The van der Waals surface area contributed by atoms with E-state index in [0.717, 1.165) is 16.5 Å². The van der Waals surface area contributed by atoms with Crippen molar-refractivity contribution in [3.8, 4) is 0 Å². The van der Waals surface area contributed by atoms with Crippen LogP contribution in [-0.2, 0) is 9.59 Å². The lowest BCUT2D eigenvalue weighted by Crippen LogP contribution is -2.41. The van der Waals surface area contributed by atoms with Gasteiger partial charge in [-0.05, 0) is 63.1 Å². The first kappa shape index (κ1) is 18.6. The zero-order valence-corrected chi connectivity index (χ0v) is 16.0. The van der Waals surface area contributed by atoms with E-state index >= 15 is 0 Å². The molecule has 1 aromatic heterocycles. The van der Waals surface area contributed by atoms with E-state index in [1.54, 1.807) is 26.1 Å². The molecule has 0 saturated carbocycles. The molecular weight excluding hydrogens is 338 g/mol. The van der Waals surface area contributed by atoms with Crippen molar-refractivity contribution in [3.63, 3.8) is 0 Å². The summed E-state index contributed by atoms with van der Waals surface area (Å²) in [5.74, 6) is -0.751. The number of hydrogen-bond donors (Lipinski definition) is 2. The van der Waals surface area contributed by atoms with Gasteiger partial charge in [0.1, 0.15) is 5.41 Å². The standard InChI is InChI=1S/C22H23N3O2/c1-14-10-11-17(13-15(14)2)24-20(26)22(3,4)21(27)25-18-9-5-7-16-8-6-12-23-19(16)18/h5-13H,1-4H3,(H,24,26)(H,25,27). The number of hydrogen-bond acceptors (Lipinski definition) is 3. The maximum absolute atomic E-state index is 12.8. The Labute approximate surface area is 158 Å². The van der Waals surface area contributed by atoms with Crippen molar-refractivity contribution in [2.45, 2.75) is 27.7 Å². The molecule has 0 saturated heterocycles. The van der Waals surface area contributed by atoms with E-state index in [4.69, 9.17) is 0 Å². The van der Waals surface area contributed by atoms with Gasteiger partial charge >= 0.3 is 0 Å². The van der Waals surface area contributed by atoms with Crippen LogP contribution in [0.25, 0.3) is 10.9 Å². The van der Waals surface area contributed by atoms with Gasteiger partial charge in [0.05, 0.1) is 11.2 Å². The van der Waals surface area contributed by atoms with Crippen molar-refractivity contribution < 1.29 is 9.59 Å². The molecule has 2 N–H and O–H groups in total. The van der Waals surface area contributed by atoms with Crippen LogP contribution in [0.1, 0.15) is 25.0 Å². The third-order valence-corrected chi connectivity index (χ3v) is 4.78. The van der Waals surface area contributed by atoms with Gasteiger partial charge in [-0.2, -0.15) is 0 Å². The van der Waals surface area contributed by atoms with Crippen molar-refractivity contribution >= 4 is 34.1 Å². The number of aromatic nitrogens is 1. The molecule has 0 aliphatic carbocycles. The number of nitrogens with one attached hydrogen (secondary N) is 2. The summed E-state index contributed by atoms with van der Waals surface area (Å²) in [6, 6.07) is 15.0. The van der Waals surface area contributed by atoms with Crippen LogP contribution >= 0.6 is 0 Å². The molecule has 3 rings (SSSR count). The van der Waals surface area contributed by atoms with Gasteiger partial charge in [-0.1, -0.05) is 24.3 Å². The van der Waals surface area contributed by atoms with Gasteiger partial charge in [0, 0.05) is 17.3 Å². The number of fused-ring (bicyclic) bond motifs is 1. The minimum atomic E-state index is -1.25. The first-order valence-corrected chi connectivity index (χ1v) is 8.83.